The first-order valence-corrected chi connectivity index (χ1v) is 5.23. The van der Waals surface area contributed by atoms with Crippen LogP contribution in [0.2, 0.25) is 5.02 Å². The van der Waals surface area contributed by atoms with E-state index in [1.54, 1.807) is 0 Å². The first kappa shape index (κ1) is 10.5. The lowest BCUT2D eigenvalue weighted by molar-refractivity contribution is -0.122. The molecular formula is C11H13ClN2O. The predicted octanol–water partition coefficient (Wildman–Crippen LogP) is 1.26. The Labute approximate surface area is 93.4 Å². The molecule has 1 aromatic carbocycles. The Balaban J connectivity index is 2.22. The maximum Gasteiger partial charge on any atom is 0.225 e. The molecule has 1 aliphatic rings. The Bertz CT molecular complexity index is 390. The third kappa shape index (κ3) is 1.62. The molecule has 2 unspecified atom stereocenters. The van der Waals surface area contributed by atoms with Gasteiger partial charge in [-0.15, -0.1) is 0 Å². The summed E-state index contributed by atoms with van der Waals surface area (Å²) in [5, 5.41) is 0.692. The van der Waals surface area contributed by atoms with Crippen molar-refractivity contribution in [2.75, 3.05) is 6.54 Å². The van der Waals surface area contributed by atoms with Crippen LogP contribution in [0, 0.1) is 5.41 Å². The molecule has 1 saturated carbocycles. The zero-order valence-electron chi connectivity index (χ0n) is 8.24. The summed E-state index contributed by atoms with van der Waals surface area (Å²) < 4.78 is 0. The van der Waals surface area contributed by atoms with Crippen LogP contribution >= 0.6 is 11.6 Å². The van der Waals surface area contributed by atoms with Crippen molar-refractivity contribution in [3.05, 3.63) is 34.9 Å². The third-order valence-electron chi connectivity index (χ3n) is 3.20. The van der Waals surface area contributed by atoms with Gasteiger partial charge in [-0.3, -0.25) is 4.79 Å². The quantitative estimate of drug-likeness (QED) is 0.812. The molecule has 2 rings (SSSR count). The van der Waals surface area contributed by atoms with Gasteiger partial charge in [-0.25, -0.2) is 0 Å². The van der Waals surface area contributed by atoms with Gasteiger partial charge in [0.25, 0.3) is 0 Å². The normalized spacial score (nSPS) is 28.8. The molecule has 0 radical (unpaired) electrons. The number of nitrogens with two attached hydrogens (primary N) is 2. The zero-order chi connectivity index (χ0) is 11.1. The van der Waals surface area contributed by atoms with Gasteiger partial charge in [0, 0.05) is 17.5 Å². The van der Waals surface area contributed by atoms with Crippen molar-refractivity contribution in [3.8, 4) is 0 Å². The van der Waals surface area contributed by atoms with Crippen LogP contribution < -0.4 is 11.5 Å². The summed E-state index contributed by atoms with van der Waals surface area (Å²) in [6.45, 7) is 0.315. The zero-order valence-corrected chi connectivity index (χ0v) is 9.00. The first-order chi connectivity index (χ1) is 7.10. The molecule has 1 aromatic rings. The first-order valence-electron chi connectivity index (χ1n) is 4.85. The molecule has 3 nitrogen and oxygen atoms in total. The molecule has 15 heavy (non-hydrogen) atoms. The molecule has 80 valence electrons. The predicted molar refractivity (Wildman–Crippen MR) is 59.5 cm³/mol. The fraction of sp³-hybridized carbons (Fsp3) is 0.364. The highest BCUT2D eigenvalue weighted by Gasteiger charge is 2.58. The SMILES string of the molecule is NCC1(C(N)=O)CC1c1ccc(Cl)cc1. The van der Waals surface area contributed by atoms with E-state index in [-0.39, 0.29) is 11.8 Å². The van der Waals surface area contributed by atoms with Crippen molar-refractivity contribution in [2.24, 2.45) is 16.9 Å². The minimum atomic E-state index is -0.520. The van der Waals surface area contributed by atoms with E-state index in [1.807, 2.05) is 24.3 Å². The molecule has 2 atom stereocenters. The number of amides is 1. The summed E-state index contributed by atoms with van der Waals surface area (Å²) in [5.41, 5.74) is 11.5. The Morgan fingerprint density at radius 3 is 2.47 bits per heavy atom. The number of hydrogen-bond acceptors (Lipinski definition) is 2. The second-order valence-electron chi connectivity index (χ2n) is 4.03. The van der Waals surface area contributed by atoms with E-state index in [1.165, 1.54) is 0 Å². The number of carbonyl (C=O) groups is 1. The molecule has 4 N–H and O–H groups in total. The van der Waals surface area contributed by atoms with Gasteiger partial charge in [0.15, 0.2) is 0 Å². The number of halogens is 1. The summed E-state index contributed by atoms with van der Waals surface area (Å²) in [4.78, 5) is 11.3. The standard InChI is InChI=1S/C11H13ClN2O/c12-8-3-1-7(2-4-8)9-5-11(9,6-13)10(14)15/h1-4,9H,5-6,13H2,(H2,14,15). The Hall–Kier alpha value is -1.06. The molecular weight excluding hydrogens is 212 g/mol. The molecule has 1 fully saturated rings. The van der Waals surface area contributed by atoms with E-state index < -0.39 is 5.41 Å². The lowest BCUT2D eigenvalue weighted by Gasteiger charge is -2.10. The lowest BCUT2D eigenvalue weighted by Crippen LogP contribution is -2.33. The van der Waals surface area contributed by atoms with Crippen molar-refractivity contribution < 1.29 is 4.79 Å². The van der Waals surface area contributed by atoms with Crippen molar-refractivity contribution >= 4 is 17.5 Å². The topological polar surface area (TPSA) is 69.1 Å². The molecule has 4 heteroatoms. The maximum atomic E-state index is 11.3. The minimum Gasteiger partial charge on any atom is -0.369 e. The van der Waals surface area contributed by atoms with Crippen LogP contribution in [-0.2, 0) is 4.79 Å². The average Bonchev–Trinajstić information content (AvgIpc) is 2.95. The fourth-order valence-corrected chi connectivity index (χ4v) is 2.16. The van der Waals surface area contributed by atoms with E-state index in [0.29, 0.717) is 11.6 Å². The van der Waals surface area contributed by atoms with E-state index in [9.17, 15) is 4.79 Å². The summed E-state index contributed by atoms with van der Waals surface area (Å²) >= 11 is 5.79. The molecule has 1 aliphatic carbocycles. The highest BCUT2D eigenvalue weighted by molar-refractivity contribution is 6.30. The van der Waals surface area contributed by atoms with Gasteiger partial charge in [-0.1, -0.05) is 23.7 Å². The molecule has 1 amide bonds. The average molecular weight is 225 g/mol. The van der Waals surface area contributed by atoms with E-state index >= 15 is 0 Å². The molecule has 0 aliphatic heterocycles. The Morgan fingerprint density at radius 2 is 2.07 bits per heavy atom. The summed E-state index contributed by atoms with van der Waals surface area (Å²) in [6.07, 6.45) is 0.750. The van der Waals surface area contributed by atoms with Gasteiger partial charge in [0.05, 0.1) is 5.41 Å². The van der Waals surface area contributed by atoms with Crippen molar-refractivity contribution in [1.29, 1.82) is 0 Å². The van der Waals surface area contributed by atoms with Gasteiger partial charge in [-0.05, 0) is 24.1 Å². The number of hydrogen-bond donors (Lipinski definition) is 2. The second kappa shape index (κ2) is 3.51. The Kier molecular flexibility index (Phi) is 2.44. The minimum absolute atomic E-state index is 0.164. The number of carbonyl (C=O) groups excluding carboxylic acids is 1. The van der Waals surface area contributed by atoms with Gasteiger partial charge in [0.1, 0.15) is 0 Å². The lowest BCUT2D eigenvalue weighted by atomic mass is 9.98. The van der Waals surface area contributed by atoms with Crippen LogP contribution in [0.25, 0.3) is 0 Å². The van der Waals surface area contributed by atoms with Gasteiger partial charge >= 0.3 is 0 Å². The Morgan fingerprint density at radius 1 is 1.47 bits per heavy atom. The van der Waals surface area contributed by atoms with Crippen LogP contribution in [0.15, 0.2) is 24.3 Å². The van der Waals surface area contributed by atoms with Gasteiger partial charge < -0.3 is 11.5 Å². The molecule has 0 bridgehead atoms. The van der Waals surface area contributed by atoms with E-state index in [0.717, 1.165) is 12.0 Å². The number of benzene rings is 1. The monoisotopic (exact) mass is 224 g/mol. The largest absolute Gasteiger partial charge is 0.369 e. The van der Waals surface area contributed by atoms with E-state index in [4.69, 9.17) is 23.1 Å². The summed E-state index contributed by atoms with van der Waals surface area (Å²) in [5.74, 6) is -0.137. The molecule has 0 saturated heterocycles. The number of primary amides is 1. The highest BCUT2D eigenvalue weighted by Crippen LogP contribution is 2.58. The van der Waals surface area contributed by atoms with Crippen molar-refractivity contribution in [3.63, 3.8) is 0 Å². The molecule has 0 heterocycles. The van der Waals surface area contributed by atoms with Crippen LogP contribution in [-0.4, -0.2) is 12.5 Å². The fourth-order valence-electron chi connectivity index (χ4n) is 2.04. The van der Waals surface area contributed by atoms with Crippen molar-refractivity contribution in [2.45, 2.75) is 12.3 Å². The maximum absolute atomic E-state index is 11.3. The smallest absolute Gasteiger partial charge is 0.225 e. The number of rotatable bonds is 3. The van der Waals surface area contributed by atoms with Gasteiger partial charge in [-0.2, -0.15) is 0 Å². The van der Waals surface area contributed by atoms with Crippen LogP contribution in [0.5, 0.6) is 0 Å². The van der Waals surface area contributed by atoms with E-state index in [2.05, 4.69) is 0 Å². The van der Waals surface area contributed by atoms with Crippen LogP contribution in [0.4, 0.5) is 0 Å². The highest BCUT2D eigenvalue weighted by atomic mass is 35.5. The summed E-state index contributed by atoms with van der Waals surface area (Å²) in [7, 11) is 0. The summed E-state index contributed by atoms with van der Waals surface area (Å²) in [6, 6.07) is 7.48. The van der Waals surface area contributed by atoms with Crippen LogP contribution in [0.1, 0.15) is 17.9 Å². The molecule has 0 spiro atoms. The second-order valence-corrected chi connectivity index (χ2v) is 4.47. The van der Waals surface area contributed by atoms with Gasteiger partial charge in [0.2, 0.25) is 5.91 Å². The third-order valence-corrected chi connectivity index (χ3v) is 3.45. The molecule has 0 aromatic heterocycles. The van der Waals surface area contributed by atoms with Crippen molar-refractivity contribution in [1.82, 2.24) is 0 Å². The van der Waals surface area contributed by atoms with Crippen LogP contribution in [0.3, 0.4) is 0 Å².